The van der Waals surface area contributed by atoms with Gasteiger partial charge in [-0.05, 0) is 76.1 Å². The molecule has 0 aromatic heterocycles. The predicted octanol–water partition coefficient (Wildman–Crippen LogP) is 3.85. The minimum Gasteiger partial charge on any atom is -0.493 e. The second kappa shape index (κ2) is 15.0. The normalized spacial score (nSPS) is 14.2. The smallest absolute Gasteiger partial charge is 0.262 e. The van der Waals surface area contributed by atoms with Gasteiger partial charge in [-0.25, -0.2) is 0 Å². The summed E-state index contributed by atoms with van der Waals surface area (Å²) in [4.78, 5) is 39.6. The number of carbonyl (C=O) groups excluding carboxylic acids is 3. The van der Waals surface area contributed by atoms with Gasteiger partial charge in [-0.2, -0.15) is 5.26 Å². The van der Waals surface area contributed by atoms with Gasteiger partial charge in [0.1, 0.15) is 29.9 Å². The lowest BCUT2D eigenvalue weighted by Gasteiger charge is -2.40. The third-order valence-electron chi connectivity index (χ3n) is 7.08. The van der Waals surface area contributed by atoms with E-state index in [1.165, 1.54) is 13.0 Å². The molecule has 0 bridgehead atoms. The molecule has 0 aliphatic rings. The summed E-state index contributed by atoms with van der Waals surface area (Å²) >= 11 is 0. The largest absolute Gasteiger partial charge is 0.493 e. The van der Waals surface area contributed by atoms with Gasteiger partial charge in [0, 0.05) is 17.8 Å². The van der Waals surface area contributed by atoms with E-state index in [9.17, 15) is 24.8 Å². The van der Waals surface area contributed by atoms with Gasteiger partial charge >= 0.3 is 0 Å². The van der Waals surface area contributed by atoms with E-state index in [1.54, 1.807) is 54.6 Å². The monoisotopic (exact) mass is 611 g/mol. The number of para-hydroxylation sites is 1. The average molecular weight is 612 g/mol. The van der Waals surface area contributed by atoms with Crippen LogP contribution in [-0.2, 0) is 20.9 Å². The van der Waals surface area contributed by atoms with Crippen LogP contribution in [0.1, 0.15) is 44.4 Å². The van der Waals surface area contributed by atoms with Crippen molar-refractivity contribution in [2.45, 2.75) is 58.3 Å². The van der Waals surface area contributed by atoms with Crippen LogP contribution in [0.5, 0.6) is 5.75 Å². The molecule has 0 spiro atoms. The van der Waals surface area contributed by atoms with Crippen LogP contribution < -0.4 is 26.4 Å². The zero-order valence-corrected chi connectivity index (χ0v) is 26.3. The number of benzene rings is 3. The topological polar surface area (TPSA) is 167 Å². The SMILES string of the molecule is Cc1ccc(CNC(=O)[C@H](COc2cccc(C=C(C#N)C(=O)NC(C)(C)C)c2)C(Nc2ccccc2)(C(N)=O)C(C)O)cc1. The fourth-order valence-corrected chi connectivity index (χ4v) is 4.71. The Hall–Kier alpha value is -5.14. The highest BCUT2D eigenvalue weighted by Gasteiger charge is 2.52. The van der Waals surface area contributed by atoms with Crippen molar-refractivity contribution in [2.75, 3.05) is 11.9 Å². The van der Waals surface area contributed by atoms with Crippen molar-refractivity contribution in [3.8, 4) is 11.8 Å². The van der Waals surface area contributed by atoms with Crippen molar-refractivity contribution in [3.63, 3.8) is 0 Å². The first-order valence-electron chi connectivity index (χ1n) is 14.6. The summed E-state index contributed by atoms with van der Waals surface area (Å²) in [6.07, 6.45) is 0.0166. The molecule has 236 valence electrons. The maximum atomic E-state index is 13.9. The molecular formula is C35H41N5O5. The fourth-order valence-electron chi connectivity index (χ4n) is 4.71. The Morgan fingerprint density at radius 3 is 2.27 bits per heavy atom. The highest BCUT2D eigenvalue weighted by atomic mass is 16.5. The van der Waals surface area contributed by atoms with E-state index < -0.39 is 40.8 Å². The lowest BCUT2D eigenvalue weighted by atomic mass is 9.78. The summed E-state index contributed by atoms with van der Waals surface area (Å²) in [6, 6.07) is 24.8. The Morgan fingerprint density at radius 1 is 1.02 bits per heavy atom. The number of anilines is 1. The number of primary amides is 1. The third kappa shape index (κ3) is 9.42. The van der Waals surface area contributed by atoms with Gasteiger partial charge in [0.05, 0.1) is 6.10 Å². The Balaban J connectivity index is 1.96. The van der Waals surface area contributed by atoms with Crippen molar-refractivity contribution in [1.29, 1.82) is 5.26 Å². The molecule has 6 N–H and O–H groups in total. The minimum absolute atomic E-state index is 0.0932. The highest BCUT2D eigenvalue weighted by Crippen LogP contribution is 2.30. The summed E-state index contributed by atoms with van der Waals surface area (Å²) < 4.78 is 6.07. The van der Waals surface area contributed by atoms with Crippen molar-refractivity contribution in [3.05, 3.63) is 101 Å². The molecule has 45 heavy (non-hydrogen) atoms. The molecule has 3 rings (SSSR count). The van der Waals surface area contributed by atoms with Crippen LogP contribution in [0.25, 0.3) is 6.08 Å². The maximum absolute atomic E-state index is 13.9. The molecule has 3 amide bonds. The Kier molecular flexibility index (Phi) is 11.5. The van der Waals surface area contributed by atoms with Crippen molar-refractivity contribution >= 4 is 29.5 Å². The standard InChI is InChI=1S/C35H41N5O5/c1-23-14-16-25(17-15-23)21-38-32(43)30(35(24(2)41,33(37)44)39-28-11-7-6-8-12-28)22-45-29-13-9-10-26(19-29)18-27(20-36)31(42)40-34(3,4)5/h6-19,24,30,39,41H,21-22H2,1-5H3,(H2,37,44)(H,38,43)(H,40,42)/t24?,30-,35?/m0/s1. The number of nitriles is 1. The molecule has 0 heterocycles. The second-order valence-corrected chi connectivity index (χ2v) is 11.9. The summed E-state index contributed by atoms with van der Waals surface area (Å²) in [5.74, 6) is -3.03. The quantitative estimate of drug-likeness (QED) is 0.145. The van der Waals surface area contributed by atoms with E-state index in [2.05, 4.69) is 16.0 Å². The van der Waals surface area contributed by atoms with Crippen LogP contribution in [-0.4, -0.2) is 46.6 Å². The van der Waals surface area contributed by atoms with Crippen LogP contribution in [0.2, 0.25) is 0 Å². The summed E-state index contributed by atoms with van der Waals surface area (Å²) in [6.45, 7) is 8.61. The van der Waals surface area contributed by atoms with Gasteiger partial charge in [-0.1, -0.05) is 60.2 Å². The number of aryl methyl sites for hydroxylation is 1. The Morgan fingerprint density at radius 2 is 1.69 bits per heavy atom. The summed E-state index contributed by atoms with van der Waals surface area (Å²) in [5.41, 5.74) is 6.25. The molecule has 0 saturated carbocycles. The number of ether oxygens (including phenoxy) is 1. The Labute approximate surface area is 264 Å². The molecule has 0 saturated heterocycles. The number of aliphatic hydroxyl groups excluding tert-OH is 1. The minimum atomic E-state index is -1.96. The third-order valence-corrected chi connectivity index (χ3v) is 7.08. The molecule has 10 heteroatoms. The number of carbonyl (C=O) groups is 3. The number of amides is 3. The van der Waals surface area contributed by atoms with Crippen molar-refractivity contribution < 1.29 is 24.2 Å². The summed E-state index contributed by atoms with van der Waals surface area (Å²) in [7, 11) is 0. The maximum Gasteiger partial charge on any atom is 0.262 e. The van der Waals surface area contributed by atoms with E-state index >= 15 is 0 Å². The fraction of sp³-hybridized carbons (Fsp3) is 0.314. The van der Waals surface area contributed by atoms with Crippen LogP contribution in [0.4, 0.5) is 5.69 Å². The molecule has 0 aliphatic carbocycles. The number of nitrogens with one attached hydrogen (secondary N) is 3. The zero-order chi connectivity index (χ0) is 33.2. The lowest BCUT2D eigenvalue weighted by Crippen LogP contribution is -2.67. The van der Waals surface area contributed by atoms with E-state index in [4.69, 9.17) is 10.5 Å². The zero-order valence-electron chi connectivity index (χ0n) is 26.3. The van der Waals surface area contributed by atoms with Crippen LogP contribution in [0, 0.1) is 24.2 Å². The molecule has 2 unspecified atom stereocenters. The highest BCUT2D eigenvalue weighted by molar-refractivity contribution is 6.02. The number of hydrogen-bond donors (Lipinski definition) is 5. The van der Waals surface area contributed by atoms with Gasteiger partial charge in [0.2, 0.25) is 11.8 Å². The van der Waals surface area contributed by atoms with Gasteiger partial charge in [-0.15, -0.1) is 0 Å². The molecule has 10 nitrogen and oxygen atoms in total. The molecule has 0 aliphatic heterocycles. The first kappa shape index (κ1) is 34.4. The van der Waals surface area contributed by atoms with Gasteiger partial charge < -0.3 is 31.5 Å². The lowest BCUT2D eigenvalue weighted by molar-refractivity contribution is -0.139. The van der Waals surface area contributed by atoms with Crippen molar-refractivity contribution in [1.82, 2.24) is 10.6 Å². The van der Waals surface area contributed by atoms with E-state index in [0.29, 0.717) is 17.0 Å². The van der Waals surface area contributed by atoms with Gasteiger partial charge in [-0.3, -0.25) is 14.4 Å². The Bertz CT molecular complexity index is 1560. The molecule has 3 aromatic carbocycles. The molecule has 3 aromatic rings. The van der Waals surface area contributed by atoms with Crippen LogP contribution in [0.3, 0.4) is 0 Å². The second-order valence-electron chi connectivity index (χ2n) is 11.9. The van der Waals surface area contributed by atoms with Gasteiger partial charge in [0.15, 0.2) is 5.54 Å². The van der Waals surface area contributed by atoms with Crippen molar-refractivity contribution in [2.24, 2.45) is 11.7 Å². The average Bonchev–Trinajstić information content (AvgIpc) is 2.98. The molecule has 0 radical (unpaired) electrons. The van der Waals surface area contributed by atoms with E-state index in [0.717, 1.165) is 11.1 Å². The summed E-state index contributed by atoms with van der Waals surface area (Å²) in [5, 5.41) is 29.3. The molecule has 3 atom stereocenters. The number of rotatable bonds is 13. The molecule has 0 fully saturated rings. The van der Waals surface area contributed by atoms with Crippen LogP contribution in [0.15, 0.2) is 84.4 Å². The molecular weight excluding hydrogens is 570 g/mol. The first-order chi connectivity index (χ1) is 21.2. The van der Waals surface area contributed by atoms with E-state index in [1.807, 2.05) is 58.0 Å². The number of hydrogen-bond acceptors (Lipinski definition) is 7. The van der Waals surface area contributed by atoms with Crippen LogP contribution >= 0.6 is 0 Å². The number of nitrogens with two attached hydrogens (primary N) is 1. The first-order valence-corrected chi connectivity index (χ1v) is 14.6. The van der Waals surface area contributed by atoms with Gasteiger partial charge in [0.25, 0.3) is 5.91 Å². The number of nitrogens with zero attached hydrogens (tertiary/aromatic N) is 1. The predicted molar refractivity (Wildman–Crippen MR) is 174 cm³/mol. The van der Waals surface area contributed by atoms with E-state index in [-0.39, 0.29) is 18.7 Å². The number of aliphatic hydroxyl groups is 1.